The van der Waals surface area contributed by atoms with Crippen molar-refractivity contribution in [3.63, 3.8) is 0 Å². The highest BCUT2D eigenvalue weighted by molar-refractivity contribution is 8.14. The molecule has 4 rings (SSSR count). The number of nitrogens with zero attached hydrogens (tertiary/aromatic N) is 3. The third-order valence-electron chi connectivity index (χ3n) is 5.65. The Morgan fingerprint density at radius 1 is 1.21 bits per heavy atom. The average Bonchev–Trinajstić information content (AvgIpc) is 3.20. The van der Waals surface area contributed by atoms with E-state index in [0.717, 1.165) is 5.56 Å². The van der Waals surface area contributed by atoms with Gasteiger partial charge in [0.05, 0.1) is 45.5 Å². The summed E-state index contributed by atoms with van der Waals surface area (Å²) in [7, 11) is -3.77. The molecule has 0 radical (unpaired) electrons. The molecule has 2 atom stereocenters. The van der Waals surface area contributed by atoms with Crippen LogP contribution >= 0.6 is 11.8 Å². The van der Waals surface area contributed by atoms with Gasteiger partial charge in [-0.2, -0.15) is 0 Å². The molecule has 0 amide bonds. The van der Waals surface area contributed by atoms with Crippen molar-refractivity contribution >= 4 is 38.4 Å². The minimum atomic E-state index is -3.77. The van der Waals surface area contributed by atoms with Gasteiger partial charge in [-0.05, 0) is 31.5 Å². The van der Waals surface area contributed by atoms with E-state index < -0.39 is 32.8 Å². The van der Waals surface area contributed by atoms with Crippen molar-refractivity contribution < 1.29 is 22.9 Å². The zero-order valence-corrected chi connectivity index (χ0v) is 20.2. The predicted octanol–water partition coefficient (Wildman–Crippen LogP) is 3.73. The van der Waals surface area contributed by atoms with Crippen LogP contribution in [0.15, 0.2) is 75.8 Å². The third-order valence-corrected chi connectivity index (χ3v) is 8.58. The third kappa shape index (κ3) is 4.58. The molecule has 0 aromatic heterocycles. The lowest BCUT2D eigenvalue weighted by Crippen LogP contribution is -2.45. The van der Waals surface area contributed by atoms with E-state index in [9.17, 15) is 23.3 Å². The number of carbonyl (C=O) groups excluding carboxylic acids is 1. The lowest BCUT2D eigenvalue weighted by molar-refractivity contribution is -0.384. The highest BCUT2D eigenvalue weighted by Gasteiger charge is 2.45. The number of allylic oxidation sites excluding steroid dienone is 1. The van der Waals surface area contributed by atoms with Crippen molar-refractivity contribution in [2.75, 3.05) is 18.1 Å². The maximum absolute atomic E-state index is 13.2. The molecule has 2 unspecified atom stereocenters. The molecule has 2 aromatic rings. The first-order valence-corrected chi connectivity index (χ1v) is 13.3. The van der Waals surface area contributed by atoms with E-state index in [1.807, 2.05) is 35.2 Å². The van der Waals surface area contributed by atoms with Crippen molar-refractivity contribution in [1.29, 1.82) is 0 Å². The topological polar surface area (TPSA) is 119 Å². The molecule has 0 spiro atoms. The van der Waals surface area contributed by atoms with Gasteiger partial charge in [-0.3, -0.25) is 10.1 Å². The maximum Gasteiger partial charge on any atom is 0.338 e. The summed E-state index contributed by atoms with van der Waals surface area (Å²) in [6.45, 7) is 3.70. The van der Waals surface area contributed by atoms with Crippen molar-refractivity contribution in [1.82, 2.24) is 4.90 Å². The number of aliphatic imine (C=N–C) groups is 1. The smallest absolute Gasteiger partial charge is 0.338 e. The van der Waals surface area contributed by atoms with E-state index in [4.69, 9.17) is 4.74 Å². The Bertz CT molecular complexity index is 1270. The van der Waals surface area contributed by atoms with E-state index in [1.165, 1.54) is 36.0 Å². The number of carbonyl (C=O) groups is 1. The van der Waals surface area contributed by atoms with E-state index in [-0.39, 0.29) is 22.9 Å². The van der Waals surface area contributed by atoms with Gasteiger partial charge in [-0.1, -0.05) is 42.1 Å². The molecule has 2 aromatic carbocycles. The number of benzene rings is 2. The highest BCUT2D eigenvalue weighted by atomic mass is 32.2. The van der Waals surface area contributed by atoms with Crippen LogP contribution in [-0.2, 0) is 19.4 Å². The molecule has 34 heavy (non-hydrogen) atoms. The van der Waals surface area contributed by atoms with Crippen LogP contribution in [0.2, 0.25) is 0 Å². The summed E-state index contributed by atoms with van der Waals surface area (Å²) in [6.07, 6.45) is 0. The number of thioether (sulfide) groups is 1. The maximum atomic E-state index is 13.2. The zero-order valence-electron chi connectivity index (χ0n) is 18.6. The summed E-state index contributed by atoms with van der Waals surface area (Å²) in [5.74, 6) is -0.238. The number of hydrogen-bond acceptors (Lipinski definition) is 9. The summed E-state index contributed by atoms with van der Waals surface area (Å²) in [6, 6.07) is 13.3. The van der Waals surface area contributed by atoms with Gasteiger partial charge in [-0.25, -0.2) is 18.2 Å². The fraction of sp³-hybridized carbons (Fsp3) is 0.304. The Kier molecular flexibility index (Phi) is 6.76. The molecular formula is C23H23N3O6S2. The first kappa shape index (κ1) is 24.0. The molecule has 0 N–H and O–H groups in total. The molecule has 178 valence electrons. The van der Waals surface area contributed by atoms with Crippen LogP contribution in [0, 0.1) is 10.1 Å². The average molecular weight is 502 g/mol. The lowest BCUT2D eigenvalue weighted by atomic mass is 9.93. The molecule has 1 saturated heterocycles. The van der Waals surface area contributed by atoms with Gasteiger partial charge in [0.2, 0.25) is 0 Å². The Balaban J connectivity index is 1.71. The second-order valence-electron chi connectivity index (χ2n) is 7.83. The van der Waals surface area contributed by atoms with Crippen LogP contribution in [0.3, 0.4) is 0 Å². The summed E-state index contributed by atoms with van der Waals surface area (Å²) >= 11 is 1.44. The Morgan fingerprint density at radius 2 is 1.88 bits per heavy atom. The first-order valence-electron chi connectivity index (χ1n) is 10.6. The standard InChI is InChI=1S/C23H23N3O6S2/c1-3-32-22(27)20-15(2)24-23-25(21(20)16-7-5-4-6-8-16)18(13-33-23)14-34(30,31)19-11-9-17(10-12-19)26(28)29/h4-12,18,21H,3,13-14H2,1-2H3. The molecule has 2 aliphatic rings. The van der Waals surface area contributed by atoms with Crippen LogP contribution in [0.1, 0.15) is 25.5 Å². The summed E-state index contributed by atoms with van der Waals surface area (Å²) in [5, 5.41) is 11.6. The van der Waals surface area contributed by atoms with Crippen molar-refractivity contribution in [2.24, 2.45) is 4.99 Å². The van der Waals surface area contributed by atoms with Gasteiger partial charge in [0.15, 0.2) is 15.0 Å². The Hall–Kier alpha value is -3.18. The molecule has 11 heteroatoms. The number of amidine groups is 1. The number of esters is 1. The lowest BCUT2D eigenvalue weighted by Gasteiger charge is -2.38. The number of sulfone groups is 1. The second kappa shape index (κ2) is 9.59. The molecule has 0 saturated carbocycles. The van der Waals surface area contributed by atoms with E-state index in [1.54, 1.807) is 13.8 Å². The monoisotopic (exact) mass is 501 g/mol. The molecule has 0 bridgehead atoms. The normalized spacial score (nSPS) is 20.1. The quantitative estimate of drug-likeness (QED) is 0.320. The fourth-order valence-corrected chi connectivity index (χ4v) is 7.02. The minimum Gasteiger partial charge on any atom is -0.463 e. The van der Waals surface area contributed by atoms with Crippen molar-refractivity contribution in [3.05, 3.63) is 81.5 Å². The molecule has 1 fully saturated rings. The van der Waals surface area contributed by atoms with E-state index >= 15 is 0 Å². The molecule has 2 aliphatic heterocycles. The predicted molar refractivity (Wildman–Crippen MR) is 129 cm³/mol. The molecule has 0 aliphatic carbocycles. The van der Waals surface area contributed by atoms with Gasteiger partial charge in [0, 0.05) is 17.9 Å². The zero-order chi connectivity index (χ0) is 24.5. The van der Waals surface area contributed by atoms with Crippen LogP contribution in [0.5, 0.6) is 0 Å². The second-order valence-corrected chi connectivity index (χ2v) is 10.9. The van der Waals surface area contributed by atoms with Gasteiger partial charge in [0.25, 0.3) is 5.69 Å². The van der Waals surface area contributed by atoms with Gasteiger partial charge >= 0.3 is 5.97 Å². The fourth-order valence-electron chi connectivity index (χ4n) is 4.12. The van der Waals surface area contributed by atoms with Gasteiger partial charge < -0.3 is 9.64 Å². The van der Waals surface area contributed by atoms with E-state index in [0.29, 0.717) is 22.2 Å². The molecule has 9 nitrogen and oxygen atoms in total. The van der Waals surface area contributed by atoms with Crippen molar-refractivity contribution in [3.8, 4) is 0 Å². The van der Waals surface area contributed by atoms with Crippen LogP contribution in [-0.4, -0.2) is 53.5 Å². The number of ether oxygens (including phenoxy) is 1. The van der Waals surface area contributed by atoms with Gasteiger partial charge in [-0.15, -0.1) is 0 Å². The highest BCUT2D eigenvalue weighted by Crippen LogP contribution is 2.43. The van der Waals surface area contributed by atoms with Gasteiger partial charge in [0.1, 0.15) is 0 Å². The van der Waals surface area contributed by atoms with Crippen LogP contribution in [0.4, 0.5) is 5.69 Å². The number of non-ortho nitro benzene ring substituents is 1. The SMILES string of the molecule is CCOC(=O)C1=C(C)N=C2SCC(CS(=O)(=O)c3ccc([N+](=O)[O-])cc3)N2C1c1ccccc1. The van der Waals surface area contributed by atoms with Crippen LogP contribution in [0.25, 0.3) is 0 Å². The molecule has 2 heterocycles. The number of rotatable bonds is 7. The number of fused-ring (bicyclic) bond motifs is 1. The number of nitro benzene ring substituents is 1. The summed E-state index contributed by atoms with van der Waals surface area (Å²) in [4.78, 5) is 29.8. The number of hydrogen-bond donors (Lipinski definition) is 0. The van der Waals surface area contributed by atoms with Crippen LogP contribution < -0.4 is 0 Å². The number of nitro groups is 1. The Labute approximate surface area is 201 Å². The minimum absolute atomic E-state index is 0.0131. The van der Waals surface area contributed by atoms with Crippen molar-refractivity contribution in [2.45, 2.75) is 30.8 Å². The molecular weight excluding hydrogens is 478 g/mol. The summed E-state index contributed by atoms with van der Waals surface area (Å²) in [5.41, 5.74) is 1.59. The largest absolute Gasteiger partial charge is 0.463 e. The summed E-state index contributed by atoms with van der Waals surface area (Å²) < 4.78 is 31.8. The Morgan fingerprint density at radius 3 is 2.50 bits per heavy atom. The van der Waals surface area contributed by atoms with E-state index in [2.05, 4.69) is 4.99 Å². The first-order chi connectivity index (χ1) is 16.2.